The topological polar surface area (TPSA) is 52.6 Å². The van der Waals surface area contributed by atoms with Crippen LogP contribution in [0.5, 0.6) is 0 Å². The molecule has 0 spiro atoms. The van der Waals surface area contributed by atoms with Crippen LogP contribution >= 0.6 is 0 Å². The molecule has 0 aliphatic carbocycles. The van der Waals surface area contributed by atoms with Crippen LogP contribution in [0.2, 0.25) is 0 Å². The van der Waals surface area contributed by atoms with Crippen LogP contribution in [-0.4, -0.2) is 48.2 Å². The normalized spacial score (nSPS) is 22.4. The molecule has 0 bridgehead atoms. The van der Waals surface area contributed by atoms with Gasteiger partial charge >= 0.3 is 0 Å². The van der Waals surface area contributed by atoms with Crippen LogP contribution in [0.15, 0.2) is 0 Å². The average Bonchev–Trinajstić information content (AvgIpc) is 2.55. The Hall–Kier alpha value is -0.610. The van der Waals surface area contributed by atoms with Gasteiger partial charge in [-0.05, 0) is 31.7 Å². The first-order chi connectivity index (χ1) is 9.17. The second-order valence-corrected chi connectivity index (χ2v) is 5.68. The van der Waals surface area contributed by atoms with E-state index in [9.17, 15) is 9.90 Å². The van der Waals surface area contributed by atoms with Gasteiger partial charge in [0.05, 0.1) is 6.10 Å². The SMILES string of the molecule is CCCNCC(O)CN1CCC(CCC)CCC1=O. The van der Waals surface area contributed by atoms with E-state index in [-0.39, 0.29) is 5.91 Å². The smallest absolute Gasteiger partial charge is 0.222 e. The molecule has 1 amide bonds. The third-order valence-corrected chi connectivity index (χ3v) is 3.86. The van der Waals surface area contributed by atoms with E-state index in [1.54, 1.807) is 0 Å². The number of rotatable bonds is 8. The highest BCUT2D eigenvalue weighted by molar-refractivity contribution is 5.76. The summed E-state index contributed by atoms with van der Waals surface area (Å²) >= 11 is 0. The fourth-order valence-corrected chi connectivity index (χ4v) is 2.75. The summed E-state index contributed by atoms with van der Waals surface area (Å²) in [6.07, 6.45) is 5.80. The summed E-state index contributed by atoms with van der Waals surface area (Å²) in [5.41, 5.74) is 0. The van der Waals surface area contributed by atoms with Crippen molar-refractivity contribution >= 4 is 5.91 Å². The maximum absolute atomic E-state index is 12.0. The number of carbonyl (C=O) groups is 1. The molecule has 1 heterocycles. The number of aliphatic hydroxyl groups excluding tert-OH is 1. The predicted molar refractivity (Wildman–Crippen MR) is 78.0 cm³/mol. The lowest BCUT2D eigenvalue weighted by molar-refractivity contribution is -0.132. The quantitative estimate of drug-likeness (QED) is 0.661. The number of nitrogens with zero attached hydrogens (tertiary/aromatic N) is 1. The van der Waals surface area contributed by atoms with E-state index in [1.807, 2.05) is 4.90 Å². The first-order valence-corrected chi connectivity index (χ1v) is 7.83. The minimum atomic E-state index is -0.446. The van der Waals surface area contributed by atoms with Crippen molar-refractivity contribution in [1.82, 2.24) is 10.2 Å². The van der Waals surface area contributed by atoms with Crippen LogP contribution in [0.25, 0.3) is 0 Å². The zero-order valence-electron chi connectivity index (χ0n) is 12.5. The molecule has 4 heteroatoms. The number of hydrogen-bond donors (Lipinski definition) is 2. The minimum Gasteiger partial charge on any atom is -0.390 e. The van der Waals surface area contributed by atoms with Gasteiger partial charge in [0.2, 0.25) is 5.91 Å². The summed E-state index contributed by atoms with van der Waals surface area (Å²) in [6, 6.07) is 0. The second kappa shape index (κ2) is 9.32. The number of β-amino-alcohol motifs (C(OH)–C–C–N with tert-alkyl or cyclic N) is 1. The van der Waals surface area contributed by atoms with E-state index < -0.39 is 6.10 Å². The van der Waals surface area contributed by atoms with Gasteiger partial charge in [0.15, 0.2) is 0 Å². The van der Waals surface area contributed by atoms with E-state index >= 15 is 0 Å². The van der Waals surface area contributed by atoms with Crippen LogP contribution in [0.1, 0.15) is 52.4 Å². The Labute approximate surface area is 117 Å². The molecule has 1 saturated heterocycles. The molecule has 1 aliphatic rings. The molecule has 1 fully saturated rings. The van der Waals surface area contributed by atoms with Crippen LogP contribution in [-0.2, 0) is 4.79 Å². The lowest BCUT2D eigenvalue weighted by Gasteiger charge is -2.24. The Balaban J connectivity index is 2.33. The summed E-state index contributed by atoms with van der Waals surface area (Å²) < 4.78 is 0. The Kier molecular flexibility index (Phi) is 8.07. The molecule has 112 valence electrons. The molecule has 0 radical (unpaired) electrons. The highest BCUT2D eigenvalue weighted by Gasteiger charge is 2.23. The molecule has 19 heavy (non-hydrogen) atoms. The monoisotopic (exact) mass is 270 g/mol. The molecule has 0 aromatic heterocycles. The maximum Gasteiger partial charge on any atom is 0.222 e. The van der Waals surface area contributed by atoms with Crippen molar-refractivity contribution in [3.63, 3.8) is 0 Å². The van der Waals surface area contributed by atoms with Crippen molar-refractivity contribution in [3.8, 4) is 0 Å². The zero-order chi connectivity index (χ0) is 14.1. The third-order valence-electron chi connectivity index (χ3n) is 3.86. The first-order valence-electron chi connectivity index (χ1n) is 7.83. The molecule has 0 saturated carbocycles. The molecule has 2 N–H and O–H groups in total. The van der Waals surface area contributed by atoms with Crippen LogP contribution in [0, 0.1) is 5.92 Å². The van der Waals surface area contributed by atoms with E-state index in [4.69, 9.17) is 0 Å². The van der Waals surface area contributed by atoms with Crippen molar-refractivity contribution in [3.05, 3.63) is 0 Å². The van der Waals surface area contributed by atoms with Crippen LogP contribution < -0.4 is 5.32 Å². The molecular formula is C15H30N2O2. The summed E-state index contributed by atoms with van der Waals surface area (Å²) in [4.78, 5) is 13.9. The second-order valence-electron chi connectivity index (χ2n) is 5.68. The number of carbonyl (C=O) groups excluding carboxylic acids is 1. The number of hydrogen-bond acceptors (Lipinski definition) is 3. The van der Waals surface area contributed by atoms with Crippen molar-refractivity contribution in [1.29, 1.82) is 0 Å². The van der Waals surface area contributed by atoms with Crippen molar-refractivity contribution < 1.29 is 9.90 Å². The van der Waals surface area contributed by atoms with E-state index in [0.717, 1.165) is 32.4 Å². The Bertz CT molecular complexity index is 259. The highest BCUT2D eigenvalue weighted by atomic mass is 16.3. The Morgan fingerprint density at radius 3 is 2.84 bits per heavy atom. The van der Waals surface area contributed by atoms with Gasteiger partial charge in [-0.25, -0.2) is 0 Å². The zero-order valence-corrected chi connectivity index (χ0v) is 12.5. The van der Waals surface area contributed by atoms with Gasteiger partial charge in [0.25, 0.3) is 0 Å². The minimum absolute atomic E-state index is 0.216. The number of amides is 1. The van der Waals surface area contributed by atoms with Gasteiger partial charge in [-0.1, -0.05) is 26.7 Å². The molecule has 1 aliphatic heterocycles. The number of aliphatic hydroxyl groups is 1. The molecule has 1 rings (SSSR count). The van der Waals surface area contributed by atoms with Gasteiger partial charge in [-0.15, -0.1) is 0 Å². The molecule has 2 unspecified atom stereocenters. The Morgan fingerprint density at radius 1 is 1.37 bits per heavy atom. The lowest BCUT2D eigenvalue weighted by Crippen LogP contribution is -2.41. The lowest BCUT2D eigenvalue weighted by atomic mass is 9.96. The van der Waals surface area contributed by atoms with Gasteiger partial charge in [0, 0.05) is 26.1 Å². The molecular weight excluding hydrogens is 240 g/mol. The third kappa shape index (κ3) is 6.39. The average molecular weight is 270 g/mol. The van der Waals surface area contributed by atoms with Gasteiger partial charge in [-0.3, -0.25) is 4.79 Å². The maximum atomic E-state index is 12.0. The van der Waals surface area contributed by atoms with Crippen LogP contribution in [0.3, 0.4) is 0 Å². The van der Waals surface area contributed by atoms with E-state index in [1.165, 1.54) is 12.8 Å². The van der Waals surface area contributed by atoms with E-state index in [0.29, 0.717) is 25.4 Å². The summed E-state index contributed by atoms with van der Waals surface area (Å²) in [5, 5.41) is 13.1. The Morgan fingerprint density at radius 2 is 2.16 bits per heavy atom. The summed E-state index contributed by atoms with van der Waals surface area (Å²) in [6.45, 7) is 7.10. The fourth-order valence-electron chi connectivity index (χ4n) is 2.75. The van der Waals surface area contributed by atoms with Gasteiger partial charge in [0.1, 0.15) is 0 Å². The van der Waals surface area contributed by atoms with Crippen molar-refractivity contribution in [2.24, 2.45) is 5.92 Å². The van der Waals surface area contributed by atoms with Gasteiger partial charge < -0.3 is 15.3 Å². The summed E-state index contributed by atoms with van der Waals surface area (Å²) in [7, 11) is 0. The molecule has 2 atom stereocenters. The van der Waals surface area contributed by atoms with Gasteiger partial charge in [-0.2, -0.15) is 0 Å². The highest BCUT2D eigenvalue weighted by Crippen LogP contribution is 2.22. The number of likely N-dealkylation sites (tertiary alicyclic amines) is 1. The molecule has 0 aromatic carbocycles. The fraction of sp³-hybridized carbons (Fsp3) is 0.933. The molecule has 4 nitrogen and oxygen atoms in total. The predicted octanol–water partition coefficient (Wildman–Crippen LogP) is 1.78. The summed E-state index contributed by atoms with van der Waals surface area (Å²) in [5.74, 6) is 0.905. The first kappa shape index (κ1) is 16.4. The van der Waals surface area contributed by atoms with Crippen molar-refractivity contribution in [2.75, 3.05) is 26.2 Å². The molecule has 0 aromatic rings. The largest absolute Gasteiger partial charge is 0.390 e. The van der Waals surface area contributed by atoms with Crippen LogP contribution in [0.4, 0.5) is 0 Å². The van der Waals surface area contributed by atoms with Crippen molar-refractivity contribution in [2.45, 2.75) is 58.5 Å². The number of nitrogens with one attached hydrogen (secondary N) is 1. The van der Waals surface area contributed by atoms with E-state index in [2.05, 4.69) is 19.2 Å². The standard InChI is InChI=1S/C15H30N2O2/c1-3-5-13-6-7-15(19)17(10-8-13)12-14(18)11-16-9-4-2/h13-14,16,18H,3-12H2,1-2H3.